The van der Waals surface area contributed by atoms with Crippen LogP contribution >= 0.6 is 0 Å². The number of likely N-dealkylation sites (tertiary alicyclic amines) is 1. The van der Waals surface area contributed by atoms with Crippen molar-refractivity contribution in [3.05, 3.63) is 59.0 Å². The number of aliphatic imine (C=N–C) groups is 1. The molecule has 0 saturated carbocycles. The van der Waals surface area contributed by atoms with Gasteiger partial charge in [-0.1, -0.05) is 12.1 Å². The van der Waals surface area contributed by atoms with Crippen molar-refractivity contribution in [2.75, 3.05) is 27.3 Å². The summed E-state index contributed by atoms with van der Waals surface area (Å²) >= 11 is 0. The van der Waals surface area contributed by atoms with Crippen LogP contribution in [0.25, 0.3) is 0 Å². The summed E-state index contributed by atoms with van der Waals surface area (Å²) in [6.07, 6.45) is 3.99. The zero-order valence-corrected chi connectivity index (χ0v) is 17.0. The van der Waals surface area contributed by atoms with E-state index in [-0.39, 0.29) is 11.6 Å². The summed E-state index contributed by atoms with van der Waals surface area (Å²) in [5.41, 5.74) is 2.01. The number of aromatic hydroxyl groups is 1. The molecule has 0 unspecified atom stereocenters. The predicted molar refractivity (Wildman–Crippen MR) is 112 cm³/mol. The van der Waals surface area contributed by atoms with Gasteiger partial charge in [0, 0.05) is 24.7 Å². The second-order valence-corrected chi connectivity index (χ2v) is 7.19. The summed E-state index contributed by atoms with van der Waals surface area (Å²) < 4.78 is 16.7. The van der Waals surface area contributed by atoms with Gasteiger partial charge in [0.2, 0.25) is 5.88 Å². The third-order valence-electron chi connectivity index (χ3n) is 5.37. The van der Waals surface area contributed by atoms with E-state index in [9.17, 15) is 10.4 Å². The number of phenolic OH excluding ortho intramolecular Hbond substituents is 1. The average Bonchev–Trinajstić information content (AvgIpc) is 3.29. The zero-order valence-electron chi connectivity index (χ0n) is 17.0. The van der Waals surface area contributed by atoms with Crippen LogP contribution in [0.2, 0.25) is 0 Å². The van der Waals surface area contributed by atoms with E-state index in [1.54, 1.807) is 38.8 Å². The lowest BCUT2D eigenvalue weighted by molar-refractivity contribution is 0.354. The number of phenols is 1. The van der Waals surface area contributed by atoms with Gasteiger partial charge in [0.15, 0.2) is 11.5 Å². The lowest BCUT2D eigenvalue weighted by atomic mass is 9.83. The van der Waals surface area contributed by atoms with E-state index >= 15 is 0 Å². The Balaban J connectivity index is 1.84. The predicted octanol–water partition coefficient (Wildman–Crippen LogP) is 3.79. The topological polar surface area (TPSA) is 87.3 Å². The van der Waals surface area contributed by atoms with Crippen molar-refractivity contribution in [2.24, 2.45) is 4.99 Å². The van der Waals surface area contributed by atoms with Gasteiger partial charge in [0.1, 0.15) is 23.1 Å². The van der Waals surface area contributed by atoms with Gasteiger partial charge < -0.3 is 24.2 Å². The molecule has 2 aromatic rings. The van der Waals surface area contributed by atoms with E-state index in [0.717, 1.165) is 37.1 Å². The lowest BCUT2D eigenvalue weighted by Gasteiger charge is -2.27. The maximum Gasteiger partial charge on any atom is 0.235 e. The van der Waals surface area contributed by atoms with Crippen molar-refractivity contribution < 1.29 is 19.3 Å². The number of benzene rings is 2. The van der Waals surface area contributed by atoms with Crippen LogP contribution in [-0.4, -0.2) is 43.7 Å². The highest BCUT2D eigenvalue weighted by atomic mass is 16.5. The van der Waals surface area contributed by atoms with Crippen LogP contribution in [0.1, 0.15) is 29.9 Å². The van der Waals surface area contributed by atoms with E-state index in [2.05, 4.69) is 16.0 Å². The van der Waals surface area contributed by atoms with Gasteiger partial charge in [0.05, 0.1) is 26.5 Å². The maximum absolute atomic E-state index is 10.0. The number of methoxy groups -OCH3 is 2. The quantitative estimate of drug-likeness (QED) is 0.602. The molecule has 30 heavy (non-hydrogen) atoms. The largest absolute Gasteiger partial charge is 0.508 e. The number of nitriles is 1. The molecule has 0 radical (unpaired) electrons. The van der Waals surface area contributed by atoms with Gasteiger partial charge in [-0.3, -0.25) is 0 Å². The SMILES string of the molecule is COc1ccc([C@@H]2C(C#N)=C(N=CN3CCCC3)Oc3cc(O)ccc32)cc1OC. The number of hydrogen-bond acceptors (Lipinski definition) is 6. The molecular formula is C23H23N3O4. The molecule has 4 rings (SSSR count). The molecule has 7 heteroatoms. The van der Waals surface area contributed by atoms with Crippen LogP contribution in [0.4, 0.5) is 0 Å². The summed E-state index contributed by atoms with van der Waals surface area (Å²) in [6, 6.07) is 12.7. The fraction of sp³-hybridized carbons (Fsp3) is 0.304. The van der Waals surface area contributed by atoms with Crippen LogP contribution < -0.4 is 14.2 Å². The smallest absolute Gasteiger partial charge is 0.235 e. The maximum atomic E-state index is 10.0. The van der Waals surface area contributed by atoms with Gasteiger partial charge in [0.25, 0.3) is 0 Å². The monoisotopic (exact) mass is 405 g/mol. The Bertz CT molecular complexity index is 1050. The molecule has 2 heterocycles. The van der Waals surface area contributed by atoms with Gasteiger partial charge >= 0.3 is 0 Å². The lowest BCUT2D eigenvalue weighted by Crippen LogP contribution is -2.19. The molecule has 7 nitrogen and oxygen atoms in total. The Hall–Kier alpha value is -3.66. The summed E-state index contributed by atoms with van der Waals surface area (Å²) in [4.78, 5) is 6.60. The van der Waals surface area contributed by atoms with Crippen molar-refractivity contribution >= 4 is 6.34 Å². The Morgan fingerprint density at radius 3 is 2.60 bits per heavy atom. The highest BCUT2D eigenvalue weighted by molar-refractivity contribution is 5.62. The summed E-state index contributed by atoms with van der Waals surface area (Å²) in [5, 5.41) is 20.0. The molecule has 0 amide bonds. The number of nitrogens with zero attached hydrogens (tertiary/aromatic N) is 3. The minimum Gasteiger partial charge on any atom is -0.508 e. The first kappa shape index (κ1) is 19.6. The number of allylic oxidation sites excluding steroid dienone is 1. The van der Waals surface area contributed by atoms with Crippen LogP contribution in [0.15, 0.2) is 52.8 Å². The van der Waals surface area contributed by atoms with Gasteiger partial charge in [-0.25, -0.2) is 4.99 Å². The number of ether oxygens (including phenoxy) is 3. The number of fused-ring (bicyclic) bond motifs is 1. The second-order valence-electron chi connectivity index (χ2n) is 7.19. The van der Waals surface area contributed by atoms with E-state index in [0.29, 0.717) is 22.8 Å². The molecule has 1 fully saturated rings. The second kappa shape index (κ2) is 8.37. The molecule has 1 atom stereocenters. The van der Waals surface area contributed by atoms with E-state index < -0.39 is 5.92 Å². The van der Waals surface area contributed by atoms with Crippen LogP contribution in [0.3, 0.4) is 0 Å². The Labute approximate surface area is 175 Å². The van der Waals surface area contributed by atoms with E-state index in [4.69, 9.17) is 14.2 Å². The summed E-state index contributed by atoms with van der Waals surface area (Å²) in [6.45, 7) is 1.88. The van der Waals surface area contributed by atoms with Crippen LogP contribution in [-0.2, 0) is 0 Å². The highest BCUT2D eigenvalue weighted by Crippen LogP contribution is 2.45. The fourth-order valence-corrected chi connectivity index (χ4v) is 3.87. The summed E-state index contributed by atoms with van der Waals surface area (Å²) in [7, 11) is 3.15. The van der Waals surface area contributed by atoms with Gasteiger partial charge in [-0.05, 0) is 36.6 Å². The standard InChI is InChI=1S/C23H23N3O4/c1-28-19-8-5-15(11-21(19)29-2)22-17-7-6-16(27)12-20(17)30-23(18(22)13-24)25-14-26-9-3-4-10-26/h5-8,11-12,14,22,27H,3-4,9-10H2,1-2H3/t22-/m0/s1. The number of hydrogen-bond donors (Lipinski definition) is 1. The first-order valence-electron chi connectivity index (χ1n) is 9.79. The molecule has 0 aliphatic carbocycles. The third-order valence-corrected chi connectivity index (χ3v) is 5.37. The Kier molecular flexibility index (Phi) is 5.48. The van der Waals surface area contributed by atoms with Gasteiger partial charge in [-0.15, -0.1) is 0 Å². The molecule has 0 aromatic heterocycles. The van der Waals surface area contributed by atoms with Gasteiger partial charge in [-0.2, -0.15) is 5.26 Å². The number of rotatable bonds is 5. The normalized spacial score (nSPS) is 18.2. The molecule has 1 N–H and O–H groups in total. The minimum atomic E-state index is -0.412. The molecule has 154 valence electrons. The summed E-state index contributed by atoms with van der Waals surface area (Å²) in [5.74, 6) is 1.56. The third kappa shape index (κ3) is 3.64. The highest BCUT2D eigenvalue weighted by Gasteiger charge is 2.32. The van der Waals surface area contributed by atoms with E-state index in [1.807, 2.05) is 18.2 Å². The first-order chi connectivity index (χ1) is 14.6. The molecule has 0 bridgehead atoms. The molecule has 2 aliphatic rings. The van der Waals surface area contributed by atoms with Crippen molar-refractivity contribution in [3.63, 3.8) is 0 Å². The molecule has 1 saturated heterocycles. The molecule has 2 aromatic carbocycles. The molecule has 2 aliphatic heterocycles. The van der Waals surface area contributed by atoms with Crippen molar-refractivity contribution in [1.29, 1.82) is 5.26 Å². The zero-order chi connectivity index (χ0) is 21.1. The Morgan fingerprint density at radius 1 is 1.13 bits per heavy atom. The van der Waals surface area contributed by atoms with Crippen molar-refractivity contribution in [3.8, 4) is 29.1 Å². The minimum absolute atomic E-state index is 0.0862. The van der Waals surface area contributed by atoms with Crippen molar-refractivity contribution in [1.82, 2.24) is 4.90 Å². The molecule has 0 spiro atoms. The van der Waals surface area contributed by atoms with E-state index in [1.165, 1.54) is 0 Å². The first-order valence-corrected chi connectivity index (χ1v) is 9.79. The van der Waals surface area contributed by atoms with Crippen LogP contribution in [0.5, 0.6) is 23.0 Å². The molecular weight excluding hydrogens is 382 g/mol. The Morgan fingerprint density at radius 2 is 1.90 bits per heavy atom. The van der Waals surface area contributed by atoms with Crippen LogP contribution in [0, 0.1) is 11.3 Å². The fourth-order valence-electron chi connectivity index (χ4n) is 3.87. The van der Waals surface area contributed by atoms with Crippen molar-refractivity contribution in [2.45, 2.75) is 18.8 Å². The average molecular weight is 405 g/mol.